The largest absolute Gasteiger partial charge is 0.497 e. The predicted molar refractivity (Wildman–Crippen MR) is 98.5 cm³/mol. The van der Waals surface area contributed by atoms with Gasteiger partial charge in [-0.25, -0.2) is 0 Å². The average molecular weight is 359 g/mol. The van der Waals surface area contributed by atoms with Crippen molar-refractivity contribution in [1.82, 2.24) is 4.90 Å². The maximum absolute atomic E-state index is 12.3. The van der Waals surface area contributed by atoms with E-state index in [2.05, 4.69) is 18.2 Å². The lowest BCUT2D eigenvalue weighted by Gasteiger charge is -2.33. The fourth-order valence-electron chi connectivity index (χ4n) is 3.04. The Morgan fingerprint density at radius 3 is 2.77 bits per heavy atom. The van der Waals surface area contributed by atoms with Crippen LogP contribution in [0.3, 0.4) is 0 Å². The number of benzene rings is 2. The minimum atomic E-state index is -0.127. The number of morpholine rings is 1. The van der Waals surface area contributed by atoms with Crippen LogP contribution in [0.2, 0.25) is 0 Å². The molecule has 6 heteroatoms. The molecule has 1 aliphatic rings. The van der Waals surface area contributed by atoms with Gasteiger partial charge < -0.3 is 23.8 Å². The zero-order valence-corrected chi connectivity index (χ0v) is 15.3. The van der Waals surface area contributed by atoms with Gasteiger partial charge in [0, 0.05) is 13.7 Å². The van der Waals surface area contributed by atoms with Crippen molar-refractivity contribution >= 4 is 16.7 Å². The molecule has 140 valence electrons. The molecular formula is C20H25NO5. The highest BCUT2D eigenvalue weighted by Gasteiger charge is 2.25. The number of rotatable bonds is 7. The lowest BCUT2D eigenvalue weighted by Crippen LogP contribution is -2.44. The Bertz CT molecular complexity index is 748. The van der Waals surface area contributed by atoms with Gasteiger partial charge in [-0.3, -0.25) is 4.79 Å². The molecule has 0 aliphatic carbocycles. The Kier molecular flexibility index (Phi) is 6.44. The number of hydrogen-bond donors (Lipinski definition) is 0. The number of carbonyl (C=O) groups is 1. The second-order valence-electron chi connectivity index (χ2n) is 6.22. The molecule has 1 heterocycles. The first-order valence-electron chi connectivity index (χ1n) is 8.75. The molecular weight excluding hydrogens is 334 g/mol. The Morgan fingerprint density at radius 2 is 1.96 bits per heavy atom. The van der Waals surface area contributed by atoms with Gasteiger partial charge in [-0.15, -0.1) is 0 Å². The molecule has 2 aromatic rings. The van der Waals surface area contributed by atoms with Gasteiger partial charge in [0.2, 0.25) is 5.91 Å². The number of carbonyl (C=O) groups excluding carboxylic acids is 1. The molecule has 0 bridgehead atoms. The van der Waals surface area contributed by atoms with Crippen LogP contribution < -0.4 is 4.74 Å². The molecule has 0 aromatic heterocycles. The average Bonchev–Trinajstić information content (AvgIpc) is 2.70. The summed E-state index contributed by atoms with van der Waals surface area (Å²) in [6, 6.07) is 12.2. The number of methoxy groups -OCH3 is 2. The second-order valence-corrected chi connectivity index (χ2v) is 6.22. The molecule has 2 aromatic carbocycles. The van der Waals surface area contributed by atoms with Gasteiger partial charge in [0.15, 0.2) is 0 Å². The van der Waals surface area contributed by atoms with Crippen LogP contribution in [0, 0.1) is 0 Å². The van der Waals surface area contributed by atoms with Crippen molar-refractivity contribution in [1.29, 1.82) is 0 Å². The lowest BCUT2D eigenvalue weighted by atomic mass is 10.0. The zero-order chi connectivity index (χ0) is 18.4. The summed E-state index contributed by atoms with van der Waals surface area (Å²) >= 11 is 0. The molecule has 1 saturated heterocycles. The first kappa shape index (κ1) is 18.6. The zero-order valence-electron chi connectivity index (χ0n) is 15.3. The van der Waals surface area contributed by atoms with Crippen LogP contribution in [0.4, 0.5) is 0 Å². The topological polar surface area (TPSA) is 57.2 Å². The van der Waals surface area contributed by atoms with Crippen LogP contribution in [0.25, 0.3) is 10.8 Å². The molecule has 0 spiro atoms. The van der Waals surface area contributed by atoms with E-state index in [0.717, 1.165) is 22.1 Å². The molecule has 3 rings (SSSR count). The smallest absolute Gasteiger partial charge is 0.248 e. The van der Waals surface area contributed by atoms with Crippen LogP contribution in [0.1, 0.15) is 11.7 Å². The van der Waals surface area contributed by atoms with Gasteiger partial charge in [-0.05, 0) is 34.5 Å². The molecule has 1 atom stereocenters. The highest BCUT2D eigenvalue weighted by molar-refractivity contribution is 5.84. The Hall–Kier alpha value is -2.15. The summed E-state index contributed by atoms with van der Waals surface area (Å²) in [4.78, 5) is 14.1. The van der Waals surface area contributed by atoms with E-state index in [-0.39, 0.29) is 18.6 Å². The molecule has 0 saturated carbocycles. The monoisotopic (exact) mass is 359 g/mol. The SMILES string of the molecule is COCCOCC(=O)N1CCO[C@H](c2ccc3cc(OC)ccc3c2)C1. The van der Waals surface area contributed by atoms with Crippen molar-refractivity contribution in [2.24, 2.45) is 0 Å². The van der Waals surface area contributed by atoms with Crippen molar-refractivity contribution in [3.8, 4) is 5.75 Å². The summed E-state index contributed by atoms with van der Waals surface area (Å²) in [6.07, 6.45) is -0.127. The van der Waals surface area contributed by atoms with Crippen LogP contribution in [0.5, 0.6) is 5.75 Å². The minimum absolute atomic E-state index is 0.0140. The van der Waals surface area contributed by atoms with E-state index in [1.54, 1.807) is 19.1 Å². The summed E-state index contributed by atoms with van der Waals surface area (Å²) in [6.45, 7) is 2.63. The van der Waals surface area contributed by atoms with E-state index in [9.17, 15) is 4.79 Å². The lowest BCUT2D eigenvalue weighted by molar-refractivity contribution is -0.144. The van der Waals surface area contributed by atoms with E-state index < -0.39 is 0 Å². The van der Waals surface area contributed by atoms with E-state index in [0.29, 0.717) is 32.9 Å². The number of fused-ring (bicyclic) bond motifs is 1. The Balaban J connectivity index is 1.65. The Morgan fingerprint density at radius 1 is 1.15 bits per heavy atom. The number of nitrogens with zero attached hydrogens (tertiary/aromatic N) is 1. The quantitative estimate of drug-likeness (QED) is 0.711. The summed E-state index contributed by atoms with van der Waals surface area (Å²) in [7, 11) is 3.27. The first-order chi connectivity index (χ1) is 12.7. The molecule has 6 nitrogen and oxygen atoms in total. The van der Waals surface area contributed by atoms with E-state index in [4.69, 9.17) is 18.9 Å². The third kappa shape index (κ3) is 4.52. The third-order valence-electron chi connectivity index (χ3n) is 4.52. The normalized spacial score (nSPS) is 17.5. The van der Waals surface area contributed by atoms with Crippen molar-refractivity contribution in [2.75, 3.05) is 53.7 Å². The Labute approximate surface area is 153 Å². The summed E-state index contributed by atoms with van der Waals surface area (Å²) in [5.74, 6) is 0.823. The minimum Gasteiger partial charge on any atom is -0.497 e. The number of ether oxygens (including phenoxy) is 4. The van der Waals surface area contributed by atoms with Crippen molar-refractivity contribution in [3.05, 3.63) is 42.0 Å². The van der Waals surface area contributed by atoms with Crippen molar-refractivity contribution in [2.45, 2.75) is 6.10 Å². The second kappa shape index (κ2) is 8.98. The van der Waals surface area contributed by atoms with E-state index in [1.165, 1.54) is 0 Å². The molecule has 1 aliphatic heterocycles. The van der Waals surface area contributed by atoms with E-state index >= 15 is 0 Å². The fourth-order valence-corrected chi connectivity index (χ4v) is 3.04. The maximum atomic E-state index is 12.3. The molecule has 26 heavy (non-hydrogen) atoms. The van der Waals surface area contributed by atoms with Gasteiger partial charge in [0.1, 0.15) is 18.5 Å². The summed E-state index contributed by atoms with van der Waals surface area (Å²) < 4.78 is 21.4. The van der Waals surface area contributed by atoms with Crippen molar-refractivity contribution in [3.63, 3.8) is 0 Å². The van der Waals surface area contributed by atoms with Crippen LogP contribution in [-0.2, 0) is 19.0 Å². The van der Waals surface area contributed by atoms with E-state index in [1.807, 2.05) is 18.2 Å². The van der Waals surface area contributed by atoms with Crippen LogP contribution in [0.15, 0.2) is 36.4 Å². The maximum Gasteiger partial charge on any atom is 0.248 e. The van der Waals surface area contributed by atoms with Crippen LogP contribution in [-0.4, -0.2) is 64.5 Å². The van der Waals surface area contributed by atoms with Gasteiger partial charge in [-0.2, -0.15) is 0 Å². The third-order valence-corrected chi connectivity index (χ3v) is 4.52. The number of amides is 1. The molecule has 0 N–H and O–H groups in total. The first-order valence-corrected chi connectivity index (χ1v) is 8.75. The van der Waals surface area contributed by atoms with Crippen molar-refractivity contribution < 1.29 is 23.7 Å². The van der Waals surface area contributed by atoms with Gasteiger partial charge in [0.05, 0.1) is 33.5 Å². The summed E-state index contributed by atoms with van der Waals surface area (Å²) in [5, 5.41) is 2.24. The van der Waals surface area contributed by atoms with Gasteiger partial charge in [-0.1, -0.05) is 18.2 Å². The molecule has 0 radical (unpaired) electrons. The van der Waals surface area contributed by atoms with Gasteiger partial charge >= 0.3 is 0 Å². The highest BCUT2D eigenvalue weighted by atomic mass is 16.5. The number of hydrogen-bond acceptors (Lipinski definition) is 5. The summed E-state index contributed by atoms with van der Waals surface area (Å²) in [5.41, 5.74) is 1.07. The standard InChI is InChI=1S/C20H25NO5/c1-23-9-10-25-14-20(22)21-7-8-26-19(13-21)17-4-3-16-12-18(24-2)6-5-15(16)11-17/h3-6,11-12,19H,7-10,13-14H2,1-2H3/t19-/m0/s1. The molecule has 1 fully saturated rings. The molecule has 1 amide bonds. The predicted octanol–water partition coefficient (Wildman–Crippen LogP) is 2.41. The molecule has 0 unspecified atom stereocenters. The van der Waals surface area contributed by atoms with Gasteiger partial charge in [0.25, 0.3) is 0 Å². The fraction of sp³-hybridized carbons (Fsp3) is 0.450. The highest BCUT2D eigenvalue weighted by Crippen LogP contribution is 2.27. The van der Waals surface area contributed by atoms with Crippen LogP contribution >= 0.6 is 0 Å².